The van der Waals surface area contributed by atoms with Crippen molar-refractivity contribution in [2.45, 2.75) is 49.9 Å². The summed E-state index contributed by atoms with van der Waals surface area (Å²) in [6, 6.07) is 84.0. The van der Waals surface area contributed by atoms with E-state index in [0.29, 0.717) is 0 Å². The topological polar surface area (TPSA) is 4.93 Å². The first-order chi connectivity index (χ1) is 33.8. The van der Waals surface area contributed by atoms with E-state index in [9.17, 15) is 0 Å². The van der Waals surface area contributed by atoms with Crippen LogP contribution >= 0.6 is 0 Å². The van der Waals surface area contributed by atoms with Crippen molar-refractivity contribution in [2.75, 3.05) is 0 Å². The first-order valence-electron chi connectivity index (χ1n) is 24.7. The van der Waals surface area contributed by atoms with E-state index in [4.69, 9.17) is 0 Å². The maximum atomic E-state index is 2.59. The van der Waals surface area contributed by atoms with Gasteiger partial charge in [0.05, 0.1) is 22.1 Å². The zero-order valence-electron chi connectivity index (χ0n) is 39.3. The summed E-state index contributed by atoms with van der Waals surface area (Å²) in [5.74, 6) is -0.0899. The first-order valence-corrected chi connectivity index (χ1v) is 24.7. The molecule has 0 saturated heterocycles. The Labute approximate surface area is 404 Å². The second kappa shape index (κ2) is 13.6. The smallest absolute Gasteiger partial charge is 0.0760 e. The van der Waals surface area contributed by atoms with Gasteiger partial charge >= 0.3 is 0 Å². The van der Waals surface area contributed by atoms with Gasteiger partial charge in [-0.3, -0.25) is 0 Å². The largest absolute Gasteiger partial charge is 0.309 e. The Morgan fingerprint density at radius 2 is 0.841 bits per heavy atom. The average molecular weight is 880 g/mol. The van der Waals surface area contributed by atoms with Crippen molar-refractivity contribution in [3.63, 3.8) is 0 Å². The van der Waals surface area contributed by atoms with Gasteiger partial charge in [-0.2, -0.15) is 0 Å². The van der Waals surface area contributed by atoms with Gasteiger partial charge in [0, 0.05) is 33.1 Å². The third-order valence-corrected chi connectivity index (χ3v) is 17.2. The molecule has 0 bridgehead atoms. The molecule has 3 aliphatic carbocycles. The number of nitrogens with zero attached hydrogens (tertiary/aromatic N) is 1. The van der Waals surface area contributed by atoms with Gasteiger partial charge in [0.25, 0.3) is 0 Å². The fourth-order valence-corrected chi connectivity index (χ4v) is 14.3. The minimum absolute atomic E-state index is 0.0899. The lowest BCUT2D eigenvalue weighted by Crippen LogP contribution is -2.34. The van der Waals surface area contributed by atoms with Crippen LogP contribution in [-0.4, -0.2) is 4.57 Å². The van der Waals surface area contributed by atoms with E-state index in [0.717, 1.165) is 0 Å². The number of hydrogen-bond acceptors (Lipinski definition) is 0. The molecule has 1 spiro atoms. The average Bonchev–Trinajstić information content (AvgIpc) is 4.04. The minimum atomic E-state index is -0.591. The Hall–Kier alpha value is -8.00. The molecule has 0 amide bonds. The summed E-state index contributed by atoms with van der Waals surface area (Å²) in [6.45, 7) is 9.64. The van der Waals surface area contributed by atoms with E-state index >= 15 is 0 Å². The SMILES string of the molecule is CC1(C)c2ccccc2-c2ccc(C(c3ccccc3-c3cccc4c3C3(c5ccccc5-c5ccccc53)c3cccc5c6ccccc6n-4c35)c3cccc4c3-c3ccccc3C4(C)C)cc21. The summed E-state index contributed by atoms with van der Waals surface area (Å²) in [7, 11) is 0. The van der Waals surface area contributed by atoms with Crippen LogP contribution in [0.15, 0.2) is 218 Å². The molecule has 0 N–H and O–H groups in total. The Balaban J connectivity index is 1.07. The molecule has 0 saturated carbocycles. The Morgan fingerprint density at radius 1 is 0.348 bits per heavy atom. The van der Waals surface area contributed by atoms with E-state index in [1.807, 2.05) is 0 Å². The molecular formula is C68H49N. The highest BCUT2D eigenvalue weighted by atomic mass is 15.0. The number of para-hydroxylation sites is 2. The number of fused-ring (bicyclic) bond motifs is 18. The number of hydrogen-bond donors (Lipinski definition) is 0. The van der Waals surface area contributed by atoms with Crippen molar-refractivity contribution in [3.05, 3.63) is 280 Å². The molecule has 4 aliphatic rings. The van der Waals surface area contributed by atoms with Crippen LogP contribution in [0.1, 0.15) is 94.8 Å². The van der Waals surface area contributed by atoms with Crippen LogP contribution < -0.4 is 0 Å². The number of benzene rings is 10. The number of aromatic nitrogens is 1. The molecular weight excluding hydrogens is 831 g/mol. The minimum Gasteiger partial charge on any atom is -0.309 e. The summed E-state index contributed by atoms with van der Waals surface area (Å²) in [6.07, 6.45) is 0. The number of rotatable bonds is 4. The van der Waals surface area contributed by atoms with Gasteiger partial charge in [-0.25, -0.2) is 0 Å². The zero-order chi connectivity index (χ0) is 46.0. The monoisotopic (exact) mass is 879 g/mol. The van der Waals surface area contributed by atoms with Gasteiger partial charge in [-0.1, -0.05) is 234 Å². The molecule has 1 atom stereocenters. The standard InChI is InChI=1S/C68H49N/c1-66(2)54-31-13-10-26-51(54)63-52(29-18-34-57(63)66)62(41-38-39-46-43-21-7-12-30-53(43)67(3,4)59(46)40-41)48-25-6-5-20-42(48)49-27-19-37-61-64(49)68(55-32-14-8-22-44(55)45-23-9-15-33-56(45)68)58-35-17-28-50-47-24-11-16-36-60(47)69(61)65(50)58/h5-40,62H,1-4H3. The molecule has 0 fully saturated rings. The Bertz CT molecular complexity index is 3990. The van der Waals surface area contributed by atoms with Crippen molar-refractivity contribution in [1.29, 1.82) is 0 Å². The second-order valence-corrected chi connectivity index (χ2v) is 21.0. The molecule has 326 valence electrons. The van der Waals surface area contributed by atoms with Crippen molar-refractivity contribution >= 4 is 21.8 Å². The van der Waals surface area contributed by atoms with E-state index in [2.05, 4.69) is 251 Å². The maximum absolute atomic E-state index is 2.59. The van der Waals surface area contributed by atoms with Gasteiger partial charge in [0.2, 0.25) is 0 Å². The van der Waals surface area contributed by atoms with Crippen LogP contribution in [0.2, 0.25) is 0 Å². The van der Waals surface area contributed by atoms with E-state index in [1.54, 1.807) is 0 Å². The second-order valence-electron chi connectivity index (χ2n) is 21.0. The van der Waals surface area contributed by atoms with Crippen LogP contribution in [0, 0.1) is 0 Å². The normalized spacial score (nSPS) is 15.8. The summed E-state index contributed by atoms with van der Waals surface area (Å²) in [5.41, 5.74) is 28.4. The predicted octanol–water partition coefficient (Wildman–Crippen LogP) is 16.9. The molecule has 1 aromatic heterocycles. The van der Waals surface area contributed by atoms with Gasteiger partial charge < -0.3 is 4.57 Å². The Morgan fingerprint density at radius 3 is 1.59 bits per heavy atom. The van der Waals surface area contributed by atoms with Crippen LogP contribution in [0.4, 0.5) is 0 Å². The lowest BCUT2D eigenvalue weighted by atomic mass is 9.63. The third kappa shape index (κ3) is 4.80. The summed E-state index contributed by atoms with van der Waals surface area (Å²) >= 11 is 0. The molecule has 10 aromatic carbocycles. The van der Waals surface area contributed by atoms with Crippen LogP contribution in [0.3, 0.4) is 0 Å². The van der Waals surface area contributed by atoms with E-state index < -0.39 is 5.41 Å². The lowest BCUT2D eigenvalue weighted by Gasteiger charge is -2.41. The van der Waals surface area contributed by atoms with Crippen LogP contribution in [0.25, 0.3) is 72.0 Å². The van der Waals surface area contributed by atoms with Gasteiger partial charge in [-0.15, -0.1) is 0 Å². The zero-order valence-corrected chi connectivity index (χ0v) is 39.3. The maximum Gasteiger partial charge on any atom is 0.0760 e. The van der Waals surface area contributed by atoms with Crippen molar-refractivity contribution in [2.24, 2.45) is 0 Å². The molecule has 0 radical (unpaired) electrons. The van der Waals surface area contributed by atoms with Gasteiger partial charge in [0.15, 0.2) is 0 Å². The van der Waals surface area contributed by atoms with Crippen molar-refractivity contribution < 1.29 is 0 Å². The van der Waals surface area contributed by atoms with Crippen molar-refractivity contribution in [1.82, 2.24) is 4.57 Å². The molecule has 2 heterocycles. The summed E-state index contributed by atoms with van der Waals surface area (Å²) in [5, 5.41) is 2.58. The first kappa shape index (κ1) is 39.0. The molecule has 1 nitrogen and oxygen atoms in total. The molecule has 15 rings (SSSR count). The van der Waals surface area contributed by atoms with E-state index in [1.165, 1.54) is 133 Å². The summed E-state index contributed by atoms with van der Waals surface area (Å²) < 4.78 is 2.59. The highest BCUT2D eigenvalue weighted by molar-refractivity contribution is 6.13. The molecule has 1 aliphatic heterocycles. The highest BCUT2D eigenvalue weighted by Gasteiger charge is 2.52. The highest BCUT2D eigenvalue weighted by Crippen LogP contribution is 2.63. The van der Waals surface area contributed by atoms with Gasteiger partial charge in [0.1, 0.15) is 0 Å². The molecule has 11 aromatic rings. The molecule has 69 heavy (non-hydrogen) atoms. The fourth-order valence-electron chi connectivity index (χ4n) is 14.3. The Kier molecular flexibility index (Phi) is 7.69. The summed E-state index contributed by atoms with van der Waals surface area (Å²) in [4.78, 5) is 0. The van der Waals surface area contributed by atoms with Gasteiger partial charge in [-0.05, 0) is 112 Å². The van der Waals surface area contributed by atoms with Crippen molar-refractivity contribution in [3.8, 4) is 50.2 Å². The fraction of sp³-hybridized carbons (Fsp3) is 0.118. The predicted molar refractivity (Wildman–Crippen MR) is 286 cm³/mol. The van der Waals surface area contributed by atoms with Crippen LogP contribution in [0.5, 0.6) is 0 Å². The third-order valence-electron chi connectivity index (χ3n) is 17.2. The molecule has 1 unspecified atom stereocenters. The quantitative estimate of drug-likeness (QED) is 0.155. The lowest BCUT2D eigenvalue weighted by molar-refractivity contribution is 0.658. The van der Waals surface area contributed by atoms with Crippen LogP contribution in [-0.2, 0) is 16.2 Å². The molecule has 1 heteroatoms. The van der Waals surface area contributed by atoms with E-state index in [-0.39, 0.29) is 16.7 Å².